The molecule has 1 saturated heterocycles. The largest absolute Gasteiger partial charge is 0.348 e. The molecule has 1 N–H and O–H groups in total. The van der Waals surface area contributed by atoms with Crippen LogP contribution >= 0.6 is 0 Å². The molecule has 0 spiro atoms. The number of rotatable bonds is 4. The lowest BCUT2D eigenvalue weighted by Gasteiger charge is -2.30. The van der Waals surface area contributed by atoms with E-state index in [0.717, 1.165) is 19.5 Å². The summed E-state index contributed by atoms with van der Waals surface area (Å²) < 4.78 is 0. The molecule has 2 atom stereocenters. The van der Waals surface area contributed by atoms with Gasteiger partial charge in [-0.15, -0.1) is 0 Å². The van der Waals surface area contributed by atoms with Crippen LogP contribution in [0.2, 0.25) is 0 Å². The van der Waals surface area contributed by atoms with E-state index in [1.807, 2.05) is 23.1 Å². The highest BCUT2D eigenvalue weighted by Crippen LogP contribution is 2.19. The number of carbonyl (C=O) groups is 1. The second-order valence-corrected chi connectivity index (χ2v) is 6.57. The fraction of sp³-hybridized carbons (Fsp3) is 0.421. The minimum absolute atomic E-state index is 0.0317. The summed E-state index contributed by atoms with van der Waals surface area (Å²) in [5.74, 6) is 1.13. The molecule has 1 amide bonds. The Morgan fingerprint density at radius 3 is 2.62 bits per heavy atom. The molecule has 1 aromatic heterocycles. The number of aromatic nitrogens is 2. The Labute approximate surface area is 143 Å². The number of piperidine rings is 1. The Kier molecular flexibility index (Phi) is 5.08. The lowest BCUT2D eigenvalue weighted by molar-refractivity contribution is 0.0682. The first-order valence-corrected chi connectivity index (χ1v) is 8.56. The molecule has 1 fully saturated rings. The van der Waals surface area contributed by atoms with E-state index in [1.54, 1.807) is 12.4 Å². The highest BCUT2D eigenvalue weighted by molar-refractivity contribution is 5.93. The lowest BCUT2D eigenvalue weighted by Crippen LogP contribution is -2.39. The van der Waals surface area contributed by atoms with Crippen LogP contribution in [0.5, 0.6) is 0 Å². The predicted octanol–water partition coefficient (Wildman–Crippen LogP) is 3.52. The normalized spacial score (nSPS) is 18.9. The van der Waals surface area contributed by atoms with Crippen molar-refractivity contribution in [3.8, 4) is 0 Å². The first kappa shape index (κ1) is 16.4. The maximum Gasteiger partial charge on any atom is 0.257 e. The number of nitrogens with zero attached hydrogens (tertiary/aromatic N) is 3. The van der Waals surface area contributed by atoms with Crippen LogP contribution in [0.4, 0.5) is 5.95 Å². The van der Waals surface area contributed by atoms with Gasteiger partial charge in [-0.05, 0) is 31.2 Å². The fourth-order valence-electron chi connectivity index (χ4n) is 3.09. The number of likely N-dealkylation sites (tertiary alicyclic amines) is 1. The van der Waals surface area contributed by atoms with Crippen molar-refractivity contribution in [3.05, 3.63) is 53.9 Å². The van der Waals surface area contributed by atoms with Crippen LogP contribution in [0.15, 0.2) is 42.7 Å². The molecule has 1 aliphatic rings. The SMILES string of the molecule is CC1CCCN(C(=O)c2cnc(NC(C)c3ccccc3)nc2)C1. The van der Waals surface area contributed by atoms with Crippen LogP contribution in [-0.4, -0.2) is 33.9 Å². The summed E-state index contributed by atoms with van der Waals surface area (Å²) in [4.78, 5) is 23.1. The number of carbonyl (C=O) groups excluding carboxylic acids is 1. The van der Waals surface area contributed by atoms with Crippen LogP contribution < -0.4 is 5.32 Å². The second kappa shape index (κ2) is 7.43. The summed E-state index contributed by atoms with van der Waals surface area (Å²) >= 11 is 0. The summed E-state index contributed by atoms with van der Waals surface area (Å²) in [5.41, 5.74) is 1.73. The van der Waals surface area contributed by atoms with Crippen molar-refractivity contribution in [2.45, 2.75) is 32.7 Å². The Hall–Kier alpha value is -2.43. The number of benzene rings is 1. The van der Waals surface area contributed by atoms with E-state index in [4.69, 9.17) is 0 Å². The van der Waals surface area contributed by atoms with E-state index < -0.39 is 0 Å². The van der Waals surface area contributed by atoms with Gasteiger partial charge in [-0.1, -0.05) is 37.3 Å². The predicted molar refractivity (Wildman–Crippen MR) is 94.8 cm³/mol. The van der Waals surface area contributed by atoms with Crippen molar-refractivity contribution in [2.75, 3.05) is 18.4 Å². The van der Waals surface area contributed by atoms with Gasteiger partial charge in [-0.2, -0.15) is 0 Å². The zero-order valence-corrected chi connectivity index (χ0v) is 14.3. The number of hydrogen-bond acceptors (Lipinski definition) is 4. The molecule has 2 unspecified atom stereocenters. The zero-order valence-electron chi connectivity index (χ0n) is 14.3. The summed E-state index contributed by atoms with van der Waals surface area (Å²) in [6, 6.07) is 10.2. The third-order valence-electron chi connectivity index (χ3n) is 4.49. The van der Waals surface area contributed by atoms with Crippen LogP contribution in [0.1, 0.15) is 48.7 Å². The topological polar surface area (TPSA) is 58.1 Å². The molecule has 1 aliphatic heterocycles. The lowest BCUT2D eigenvalue weighted by atomic mass is 10.00. The smallest absolute Gasteiger partial charge is 0.257 e. The maximum atomic E-state index is 12.5. The third kappa shape index (κ3) is 3.91. The summed E-state index contributed by atoms with van der Waals surface area (Å²) in [7, 11) is 0. The first-order chi connectivity index (χ1) is 11.6. The molecule has 5 nitrogen and oxygen atoms in total. The molecule has 2 aromatic rings. The standard InChI is InChI=1S/C19H24N4O/c1-14-7-6-10-23(13-14)18(24)17-11-20-19(21-12-17)22-15(2)16-8-4-3-5-9-16/h3-5,8-9,11-12,14-15H,6-7,10,13H2,1-2H3,(H,20,21,22). The van der Waals surface area contributed by atoms with Crippen molar-refractivity contribution in [3.63, 3.8) is 0 Å². The van der Waals surface area contributed by atoms with Crippen molar-refractivity contribution >= 4 is 11.9 Å². The molecule has 126 valence electrons. The van der Waals surface area contributed by atoms with Gasteiger partial charge in [0.25, 0.3) is 5.91 Å². The third-order valence-corrected chi connectivity index (χ3v) is 4.49. The molecule has 0 bridgehead atoms. The van der Waals surface area contributed by atoms with Crippen molar-refractivity contribution in [2.24, 2.45) is 5.92 Å². The van der Waals surface area contributed by atoms with Gasteiger partial charge in [0, 0.05) is 25.5 Å². The Balaban J connectivity index is 1.64. The fourth-order valence-corrected chi connectivity index (χ4v) is 3.09. The van der Waals surface area contributed by atoms with Gasteiger partial charge >= 0.3 is 0 Å². The van der Waals surface area contributed by atoms with Crippen LogP contribution in [-0.2, 0) is 0 Å². The molecule has 1 aromatic carbocycles. The maximum absolute atomic E-state index is 12.5. The molecular weight excluding hydrogens is 300 g/mol. The number of hydrogen-bond donors (Lipinski definition) is 1. The molecule has 0 radical (unpaired) electrons. The second-order valence-electron chi connectivity index (χ2n) is 6.57. The quantitative estimate of drug-likeness (QED) is 0.935. The number of nitrogens with one attached hydrogen (secondary N) is 1. The van der Waals surface area contributed by atoms with Gasteiger partial charge in [-0.3, -0.25) is 4.79 Å². The Bertz CT molecular complexity index is 672. The summed E-state index contributed by atoms with van der Waals surface area (Å²) in [5, 5.41) is 3.26. The van der Waals surface area contributed by atoms with Crippen LogP contribution in [0.3, 0.4) is 0 Å². The van der Waals surface area contributed by atoms with E-state index in [2.05, 4.69) is 41.3 Å². The highest BCUT2D eigenvalue weighted by Gasteiger charge is 2.22. The van der Waals surface area contributed by atoms with Crippen molar-refractivity contribution in [1.82, 2.24) is 14.9 Å². The van der Waals surface area contributed by atoms with E-state index in [9.17, 15) is 4.79 Å². The highest BCUT2D eigenvalue weighted by atomic mass is 16.2. The van der Waals surface area contributed by atoms with Gasteiger partial charge in [0.2, 0.25) is 5.95 Å². The number of anilines is 1. The Morgan fingerprint density at radius 2 is 1.96 bits per heavy atom. The van der Waals surface area contributed by atoms with E-state index >= 15 is 0 Å². The monoisotopic (exact) mass is 324 g/mol. The number of amides is 1. The zero-order chi connectivity index (χ0) is 16.9. The van der Waals surface area contributed by atoms with Crippen molar-refractivity contribution in [1.29, 1.82) is 0 Å². The van der Waals surface area contributed by atoms with Crippen molar-refractivity contribution < 1.29 is 4.79 Å². The van der Waals surface area contributed by atoms with Gasteiger partial charge in [0.1, 0.15) is 0 Å². The Morgan fingerprint density at radius 1 is 1.25 bits per heavy atom. The van der Waals surface area contributed by atoms with Gasteiger partial charge in [0.05, 0.1) is 11.6 Å². The molecule has 2 heterocycles. The average Bonchev–Trinajstić information content (AvgIpc) is 2.62. The van der Waals surface area contributed by atoms with E-state index in [-0.39, 0.29) is 11.9 Å². The summed E-state index contributed by atoms with van der Waals surface area (Å²) in [6.45, 7) is 5.90. The van der Waals surface area contributed by atoms with Gasteiger partial charge in [0.15, 0.2) is 0 Å². The van der Waals surface area contributed by atoms with Gasteiger partial charge < -0.3 is 10.2 Å². The summed E-state index contributed by atoms with van der Waals surface area (Å²) in [6.07, 6.45) is 5.51. The van der Waals surface area contributed by atoms with Crippen LogP contribution in [0, 0.1) is 5.92 Å². The van der Waals surface area contributed by atoms with E-state index in [1.165, 1.54) is 12.0 Å². The molecule has 0 saturated carbocycles. The molecule has 3 rings (SSSR count). The average molecular weight is 324 g/mol. The molecule has 24 heavy (non-hydrogen) atoms. The molecular formula is C19H24N4O. The van der Waals surface area contributed by atoms with Gasteiger partial charge in [-0.25, -0.2) is 9.97 Å². The minimum Gasteiger partial charge on any atom is -0.348 e. The minimum atomic E-state index is 0.0317. The van der Waals surface area contributed by atoms with E-state index in [0.29, 0.717) is 17.4 Å². The molecule has 0 aliphatic carbocycles. The van der Waals surface area contributed by atoms with Crippen LogP contribution in [0.25, 0.3) is 0 Å². The first-order valence-electron chi connectivity index (χ1n) is 8.56. The molecule has 5 heteroatoms.